The van der Waals surface area contributed by atoms with Crippen LogP contribution in [0.25, 0.3) is 0 Å². The second-order valence-electron chi connectivity index (χ2n) is 7.15. The van der Waals surface area contributed by atoms with Crippen LogP contribution >= 0.6 is 0 Å². The standard InChI is InChI=1S/C21H35N3O3/c1-17(2)27-20-7-5-18(6-8-20)15-24-21(22-3)23-11-4-12-26-16-19-9-13-25-14-10-19/h5-8,17,19H,4,9-16H2,1-3H3,(H2,22,23,24). The Labute approximate surface area is 163 Å². The Morgan fingerprint density at radius 1 is 1.19 bits per heavy atom. The van der Waals surface area contributed by atoms with Crippen LogP contribution in [-0.4, -0.2) is 52.1 Å². The van der Waals surface area contributed by atoms with Gasteiger partial charge in [-0.1, -0.05) is 12.1 Å². The number of benzene rings is 1. The average molecular weight is 378 g/mol. The summed E-state index contributed by atoms with van der Waals surface area (Å²) in [6.07, 6.45) is 3.40. The monoisotopic (exact) mass is 377 g/mol. The minimum Gasteiger partial charge on any atom is -0.491 e. The van der Waals surface area contributed by atoms with Gasteiger partial charge in [0, 0.05) is 46.6 Å². The van der Waals surface area contributed by atoms with Crippen LogP contribution in [0.15, 0.2) is 29.3 Å². The molecule has 0 aliphatic carbocycles. The number of ether oxygens (including phenoxy) is 3. The highest BCUT2D eigenvalue weighted by molar-refractivity contribution is 5.79. The molecule has 0 amide bonds. The maximum Gasteiger partial charge on any atom is 0.191 e. The van der Waals surface area contributed by atoms with Crippen molar-refractivity contribution in [3.63, 3.8) is 0 Å². The lowest BCUT2D eigenvalue weighted by molar-refractivity contribution is 0.0203. The summed E-state index contributed by atoms with van der Waals surface area (Å²) in [6.45, 7) is 9.01. The van der Waals surface area contributed by atoms with Crippen molar-refractivity contribution in [3.8, 4) is 5.75 Å². The quantitative estimate of drug-likeness (QED) is 0.373. The second kappa shape index (κ2) is 12.6. The first-order chi connectivity index (χ1) is 13.2. The van der Waals surface area contributed by atoms with E-state index in [0.717, 1.165) is 70.5 Å². The molecule has 1 aromatic rings. The molecule has 6 nitrogen and oxygen atoms in total. The van der Waals surface area contributed by atoms with Crippen LogP contribution in [0.3, 0.4) is 0 Å². The van der Waals surface area contributed by atoms with Gasteiger partial charge in [0.15, 0.2) is 5.96 Å². The highest BCUT2D eigenvalue weighted by Crippen LogP contribution is 2.15. The molecular weight excluding hydrogens is 342 g/mol. The molecule has 27 heavy (non-hydrogen) atoms. The Bertz CT molecular complexity index is 540. The fourth-order valence-electron chi connectivity index (χ4n) is 2.91. The lowest BCUT2D eigenvalue weighted by atomic mass is 10.0. The minimum atomic E-state index is 0.192. The van der Waals surface area contributed by atoms with E-state index in [9.17, 15) is 0 Å². The van der Waals surface area contributed by atoms with E-state index < -0.39 is 0 Å². The molecule has 0 spiro atoms. The van der Waals surface area contributed by atoms with Gasteiger partial charge < -0.3 is 24.8 Å². The van der Waals surface area contributed by atoms with E-state index in [2.05, 4.69) is 27.8 Å². The van der Waals surface area contributed by atoms with Crippen LogP contribution in [-0.2, 0) is 16.0 Å². The molecule has 6 heteroatoms. The number of hydrogen-bond acceptors (Lipinski definition) is 4. The summed E-state index contributed by atoms with van der Waals surface area (Å²) in [4.78, 5) is 4.27. The lowest BCUT2D eigenvalue weighted by Gasteiger charge is -2.21. The molecule has 0 unspecified atom stereocenters. The van der Waals surface area contributed by atoms with E-state index in [0.29, 0.717) is 5.92 Å². The molecule has 1 aliphatic heterocycles. The Morgan fingerprint density at radius 3 is 2.59 bits per heavy atom. The topological polar surface area (TPSA) is 64.1 Å². The van der Waals surface area contributed by atoms with Crippen LogP contribution < -0.4 is 15.4 Å². The van der Waals surface area contributed by atoms with Crippen molar-refractivity contribution in [1.82, 2.24) is 10.6 Å². The first kappa shape index (κ1) is 21.5. The fraction of sp³-hybridized carbons (Fsp3) is 0.667. The largest absolute Gasteiger partial charge is 0.491 e. The number of rotatable bonds is 10. The van der Waals surface area contributed by atoms with Gasteiger partial charge in [0.05, 0.1) is 6.10 Å². The maximum atomic E-state index is 5.79. The van der Waals surface area contributed by atoms with Gasteiger partial charge >= 0.3 is 0 Å². The summed E-state index contributed by atoms with van der Waals surface area (Å²) in [6, 6.07) is 8.15. The lowest BCUT2D eigenvalue weighted by Crippen LogP contribution is -2.37. The van der Waals surface area contributed by atoms with Crippen LogP contribution in [0.4, 0.5) is 0 Å². The molecule has 2 rings (SSSR count). The molecule has 152 valence electrons. The zero-order valence-electron chi connectivity index (χ0n) is 17.0. The van der Waals surface area contributed by atoms with Crippen molar-refractivity contribution >= 4 is 5.96 Å². The smallest absolute Gasteiger partial charge is 0.191 e. The molecule has 0 aromatic heterocycles. The summed E-state index contributed by atoms with van der Waals surface area (Å²) in [5.74, 6) is 2.37. The van der Waals surface area contributed by atoms with E-state index in [1.54, 1.807) is 7.05 Å². The van der Waals surface area contributed by atoms with Crippen LogP contribution in [0.1, 0.15) is 38.7 Å². The summed E-state index contributed by atoms with van der Waals surface area (Å²) in [7, 11) is 1.79. The summed E-state index contributed by atoms with van der Waals surface area (Å²) in [5, 5.41) is 6.66. The second-order valence-corrected chi connectivity index (χ2v) is 7.15. The predicted octanol–water partition coefficient (Wildman–Crippen LogP) is 2.97. The van der Waals surface area contributed by atoms with E-state index in [4.69, 9.17) is 14.2 Å². The summed E-state index contributed by atoms with van der Waals surface area (Å²) in [5.41, 5.74) is 1.19. The number of nitrogens with zero attached hydrogens (tertiary/aromatic N) is 1. The molecule has 0 radical (unpaired) electrons. The van der Waals surface area contributed by atoms with E-state index in [1.165, 1.54) is 5.56 Å². The molecule has 0 saturated carbocycles. The summed E-state index contributed by atoms with van der Waals surface area (Å²) < 4.78 is 16.8. The van der Waals surface area contributed by atoms with Crippen LogP contribution in [0.5, 0.6) is 5.75 Å². The number of hydrogen-bond donors (Lipinski definition) is 2. The molecule has 2 N–H and O–H groups in total. The molecule has 0 bridgehead atoms. The Kier molecular flexibility index (Phi) is 10.0. The molecule has 1 heterocycles. The van der Waals surface area contributed by atoms with Crippen molar-refractivity contribution in [2.24, 2.45) is 10.9 Å². The van der Waals surface area contributed by atoms with Gasteiger partial charge in [-0.2, -0.15) is 0 Å². The SMILES string of the molecule is CN=C(NCCCOCC1CCOCC1)NCc1ccc(OC(C)C)cc1. The zero-order chi connectivity index (χ0) is 19.3. The molecule has 1 fully saturated rings. The first-order valence-corrected chi connectivity index (χ1v) is 10.0. The van der Waals surface area contributed by atoms with E-state index in [1.807, 2.05) is 26.0 Å². The zero-order valence-corrected chi connectivity index (χ0v) is 17.0. The fourth-order valence-corrected chi connectivity index (χ4v) is 2.91. The Balaban J connectivity index is 1.56. The van der Waals surface area contributed by atoms with E-state index >= 15 is 0 Å². The minimum absolute atomic E-state index is 0.192. The van der Waals surface area contributed by atoms with Gasteiger partial charge in [0.1, 0.15) is 5.75 Å². The van der Waals surface area contributed by atoms with Gasteiger partial charge in [0.2, 0.25) is 0 Å². The predicted molar refractivity (Wildman–Crippen MR) is 109 cm³/mol. The third kappa shape index (κ3) is 9.11. The van der Waals surface area contributed by atoms with Gasteiger partial charge in [-0.25, -0.2) is 0 Å². The number of nitrogens with one attached hydrogen (secondary N) is 2. The average Bonchev–Trinajstić information content (AvgIpc) is 2.68. The van der Waals surface area contributed by atoms with Crippen molar-refractivity contribution < 1.29 is 14.2 Å². The van der Waals surface area contributed by atoms with Crippen molar-refractivity contribution in [3.05, 3.63) is 29.8 Å². The number of aliphatic imine (C=N–C) groups is 1. The highest BCUT2D eigenvalue weighted by atomic mass is 16.5. The third-order valence-corrected chi connectivity index (χ3v) is 4.43. The molecular formula is C21H35N3O3. The Hall–Kier alpha value is -1.79. The molecule has 1 aliphatic rings. The number of guanidine groups is 1. The van der Waals surface area contributed by atoms with Gasteiger partial charge in [0.25, 0.3) is 0 Å². The van der Waals surface area contributed by atoms with Crippen LogP contribution in [0, 0.1) is 5.92 Å². The normalized spacial score (nSPS) is 15.8. The summed E-state index contributed by atoms with van der Waals surface area (Å²) >= 11 is 0. The Morgan fingerprint density at radius 2 is 1.93 bits per heavy atom. The van der Waals surface area contributed by atoms with Crippen molar-refractivity contribution in [2.45, 2.75) is 45.8 Å². The van der Waals surface area contributed by atoms with Crippen molar-refractivity contribution in [1.29, 1.82) is 0 Å². The third-order valence-electron chi connectivity index (χ3n) is 4.43. The maximum absolute atomic E-state index is 5.79. The van der Waals surface area contributed by atoms with E-state index in [-0.39, 0.29) is 6.10 Å². The molecule has 0 atom stereocenters. The first-order valence-electron chi connectivity index (χ1n) is 10.0. The van der Waals surface area contributed by atoms with Gasteiger partial charge in [-0.15, -0.1) is 0 Å². The highest BCUT2D eigenvalue weighted by Gasteiger charge is 2.13. The molecule has 1 saturated heterocycles. The van der Waals surface area contributed by atoms with Crippen LogP contribution in [0.2, 0.25) is 0 Å². The molecule has 1 aromatic carbocycles. The van der Waals surface area contributed by atoms with Gasteiger partial charge in [-0.05, 0) is 56.7 Å². The van der Waals surface area contributed by atoms with Gasteiger partial charge in [-0.3, -0.25) is 4.99 Å². The van der Waals surface area contributed by atoms with Crippen molar-refractivity contribution in [2.75, 3.05) is 40.0 Å².